The first-order valence-electron chi connectivity index (χ1n) is 6.42. The number of nitrogens with one attached hydrogen (secondary N) is 1. The summed E-state index contributed by atoms with van der Waals surface area (Å²) in [6.45, 7) is 4.94. The SMILES string of the molecule is CC(C)c1c(N)ncnc1NCCc1ccccn1. The molecule has 2 heterocycles. The largest absolute Gasteiger partial charge is 0.383 e. The molecule has 0 aliphatic carbocycles. The first-order valence-corrected chi connectivity index (χ1v) is 6.42. The topological polar surface area (TPSA) is 76.7 Å². The Morgan fingerprint density at radius 3 is 2.74 bits per heavy atom. The summed E-state index contributed by atoms with van der Waals surface area (Å²) in [4.78, 5) is 12.6. The van der Waals surface area contributed by atoms with Crippen molar-refractivity contribution in [2.24, 2.45) is 0 Å². The number of aromatic nitrogens is 3. The lowest BCUT2D eigenvalue weighted by Crippen LogP contribution is -2.12. The van der Waals surface area contributed by atoms with Crippen LogP contribution in [0.5, 0.6) is 0 Å². The Labute approximate surface area is 113 Å². The third-order valence-electron chi connectivity index (χ3n) is 2.89. The summed E-state index contributed by atoms with van der Waals surface area (Å²) >= 11 is 0. The van der Waals surface area contributed by atoms with Crippen molar-refractivity contribution in [1.29, 1.82) is 0 Å². The summed E-state index contributed by atoms with van der Waals surface area (Å²) in [6, 6.07) is 5.92. The quantitative estimate of drug-likeness (QED) is 0.859. The van der Waals surface area contributed by atoms with Gasteiger partial charge in [-0.3, -0.25) is 4.98 Å². The summed E-state index contributed by atoms with van der Waals surface area (Å²) in [5, 5.41) is 3.31. The Morgan fingerprint density at radius 1 is 1.21 bits per heavy atom. The first-order chi connectivity index (χ1) is 9.18. The molecule has 0 bridgehead atoms. The molecular weight excluding hydrogens is 238 g/mol. The molecule has 0 fully saturated rings. The predicted molar refractivity (Wildman–Crippen MR) is 77.0 cm³/mol. The van der Waals surface area contributed by atoms with Crippen molar-refractivity contribution in [2.75, 3.05) is 17.6 Å². The fourth-order valence-corrected chi connectivity index (χ4v) is 1.97. The fraction of sp³-hybridized carbons (Fsp3) is 0.357. The van der Waals surface area contributed by atoms with Gasteiger partial charge in [0.15, 0.2) is 0 Å². The minimum absolute atomic E-state index is 0.290. The first kappa shape index (κ1) is 13.3. The number of pyridine rings is 1. The lowest BCUT2D eigenvalue weighted by Gasteiger charge is -2.14. The Bertz CT molecular complexity index is 525. The van der Waals surface area contributed by atoms with Crippen molar-refractivity contribution in [2.45, 2.75) is 26.2 Å². The van der Waals surface area contributed by atoms with Gasteiger partial charge in [-0.15, -0.1) is 0 Å². The lowest BCUT2D eigenvalue weighted by molar-refractivity contribution is 0.846. The van der Waals surface area contributed by atoms with Crippen molar-refractivity contribution < 1.29 is 0 Å². The van der Waals surface area contributed by atoms with Gasteiger partial charge in [0.1, 0.15) is 18.0 Å². The van der Waals surface area contributed by atoms with Crippen LogP contribution < -0.4 is 11.1 Å². The third kappa shape index (κ3) is 3.40. The number of hydrogen-bond donors (Lipinski definition) is 2. The minimum atomic E-state index is 0.290. The Kier molecular flexibility index (Phi) is 4.28. The Balaban J connectivity index is 2.02. The normalized spacial score (nSPS) is 10.7. The Morgan fingerprint density at radius 2 is 2.05 bits per heavy atom. The van der Waals surface area contributed by atoms with Gasteiger partial charge in [0.25, 0.3) is 0 Å². The van der Waals surface area contributed by atoms with Crippen molar-refractivity contribution in [3.63, 3.8) is 0 Å². The molecule has 2 aromatic rings. The molecule has 0 saturated carbocycles. The smallest absolute Gasteiger partial charge is 0.134 e. The van der Waals surface area contributed by atoms with E-state index >= 15 is 0 Å². The molecule has 0 atom stereocenters. The molecule has 2 aromatic heterocycles. The predicted octanol–water partition coefficient (Wildman–Crippen LogP) is 2.23. The van der Waals surface area contributed by atoms with Gasteiger partial charge in [-0.05, 0) is 18.1 Å². The van der Waals surface area contributed by atoms with E-state index in [1.807, 2.05) is 18.2 Å². The monoisotopic (exact) mass is 257 g/mol. The number of hydrogen-bond acceptors (Lipinski definition) is 5. The Hall–Kier alpha value is -2.17. The van der Waals surface area contributed by atoms with Crippen LogP contribution in [-0.2, 0) is 6.42 Å². The van der Waals surface area contributed by atoms with Crippen molar-refractivity contribution in [3.8, 4) is 0 Å². The van der Waals surface area contributed by atoms with E-state index in [-0.39, 0.29) is 0 Å². The number of nitrogen functional groups attached to an aromatic ring is 1. The molecule has 0 radical (unpaired) electrons. The van der Waals surface area contributed by atoms with Crippen LogP contribution in [0, 0.1) is 0 Å². The summed E-state index contributed by atoms with van der Waals surface area (Å²) in [6.07, 6.45) is 4.14. The summed E-state index contributed by atoms with van der Waals surface area (Å²) in [7, 11) is 0. The van der Waals surface area contributed by atoms with E-state index in [0.29, 0.717) is 11.7 Å². The van der Waals surface area contributed by atoms with E-state index in [2.05, 4.69) is 34.1 Å². The van der Waals surface area contributed by atoms with Crippen molar-refractivity contribution >= 4 is 11.6 Å². The van der Waals surface area contributed by atoms with E-state index in [9.17, 15) is 0 Å². The number of anilines is 2. The number of nitrogens with zero attached hydrogens (tertiary/aromatic N) is 3. The van der Waals surface area contributed by atoms with Crippen LogP contribution in [0.1, 0.15) is 31.0 Å². The van der Waals surface area contributed by atoms with E-state index < -0.39 is 0 Å². The molecular formula is C14H19N5. The van der Waals surface area contributed by atoms with Gasteiger partial charge < -0.3 is 11.1 Å². The second kappa shape index (κ2) is 6.13. The molecule has 0 saturated heterocycles. The molecule has 5 nitrogen and oxygen atoms in total. The van der Waals surface area contributed by atoms with Gasteiger partial charge in [-0.2, -0.15) is 0 Å². The second-order valence-corrected chi connectivity index (χ2v) is 4.67. The maximum absolute atomic E-state index is 5.90. The van der Waals surface area contributed by atoms with Crippen LogP contribution in [-0.4, -0.2) is 21.5 Å². The van der Waals surface area contributed by atoms with E-state index in [4.69, 9.17) is 5.73 Å². The maximum atomic E-state index is 5.90. The highest BCUT2D eigenvalue weighted by Gasteiger charge is 2.12. The van der Waals surface area contributed by atoms with Crippen molar-refractivity contribution in [1.82, 2.24) is 15.0 Å². The van der Waals surface area contributed by atoms with Crippen LogP contribution in [0.2, 0.25) is 0 Å². The van der Waals surface area contributed by atoms with Crippen LogP contribution in [0.4, 0.5) is 11.6 Å². The molecule has 19 heavy (non-hydrogen) atoms. The summed E-state index contributed by atoms with van der Waals surface area (Å²) in [5.74, 6) is 1.65. The van der Waals surface area contributed by atoms with Crippen molar-refractivity contribution in [3.05, 3.63) is 42.0 Å². The number of nitrogens with two attached hydrogens (primary N) is 1. The number of rotatable bonds is 5. The lowest BCUT2D eigenvalue weighted by atomic mass is 10.0. The van der Waals surface area contributed by atoms with Gasteiger partial charge in [0.05, 0.1) is 0 Å². The molecule has 2 rings (SSSR count). The highest BCUT2D eigenvalue weighted by molar-refractivity contribution is 5.56. The molecule has 0 aliphatic heterocycles. The zero-order chi connectivity index (χ0) is 13.7. The fourth-order valence-electron chi connectivity index (χ4n) is 1.97. The molecule has 5 heteroatoms. The van der Waals surface area contributed by atoms with Gasteiger partial charge >= 0.3 is 0 Å². The molecule has 0 unspecified atom stereocenters. The van der Waals surface area contributed by atoms with E-state index in [1.165, 1.54) is 6.33 Å². The average molecular weight is 257 g/mol. The molecule has 0 aliphatic rings. The molecule has 0 spiro atoms. The molecule has 3 N–H and O–H groups in total. The highest BCUT2D eigenvalue weighted by atomic mass is 15.0. The zero-order valence-electron chi connectivity index (χ0n) is 11.3. The summed E-state index contributed by atoms with van der Waals surface area (Å²) in [5.41, 5.74) is 7.94. The average Bonchev–Trinajstić information content (AvgIpc) is 2.39. The summed E-state index contributed by atoms with van der Waals surface area (Å²) < 4.78 is 0. The van der Waals surface area contributed by atoms with Gasteiger partial charge in [0, 0.05) is 30.4 Å². The van der Waals surface area contributed by atoms with Gasteiger partial charge in [0.2, 0.25) is 0 Å². The maximum Gasteiger partial charge on any atom is 0.134 e. The second-order valence-electron chi connectivity index (χ2n) is 4.67. The molecule has 100 valence electrons. The van der Waals surface area contributed by atoms with Crippen LogP contribution in [0.15, 0.2) is 30.7 Å². The zero-order valence-corrected chi connectivity index (χ0v) is 11.3. The van der Waals surface area contributed by atoms with E-state index in [0.717, 1.165) is 30.0 Å². The van der Waals surface area contributed by atoms with Crippen LogP contribution >= 0.6 is 0 Å². The third-order valence-corrected chi connectivity index (χ3v) is 2.89. The van der Waals surface area contributed by atoms with E-state index in [1.54, 1.807) is 6.20 Å². The van der Waals surface area contributed by atoms with Gasteiger partial charge in [-0.1, -0.05) is 19.9 Å². The highest BCUT2D eigenvalue weighted by Crippen LogP contribution is 2.25. The van der Waals surface area contributed by atoms with Gasteiger partial charge in [-0.25, -0.2) is 9.97 Å². The van der Waals surface area contributed by atoms with Crippen LogP contribution in [0.3, 0.4) is 0 Å². The standard InChI is InChI=1S/C14H19N5/c1-10(2)12-13(15)18-9-19-14(12)17-8-6-11-5-3-4-7-16-11/h3-5,7,9-10H,6,8H2,1-2H3,(H3,15,17,18,19). The minimum Gasteiger partial charge on any atom is -0.383 e. The van der Waals surface area contributed by atoms with Crippen LogP contribution in [0.25, 0.3) is 0 Å². The molecule has 0 aromatic carbocycles. The molecule has 0 amide bonds.